The molecule has 1 aromatic rings. The predicted molar refractivity (Wildman–Crippen MR) is 67.2 cm³/mol. The third-order valence-electron chi connectivity index (χ3n) is 3.18. The summed E-state index contributed by atoms with van der Waals surface area (Å²) in [5, 5.41) is 11.9. The number of hydrogen-bond acceptors (Lipinski definition) is 2. The van der Waals surface area contributed by atoms with E-state index < -0.39 is 17.7 Å². The van der Waals surface area contributed by atoms with Crippen molar-refractivity contribution < 1.29 is 19.1 Å². The molecular formula is C14H16FNO3. The minimum absolute atomic E-state index is 0.0990. The number of carboxylic acids is 1. The van der Waals surface area contributed by atoms with Crippen molar-refractivity contribution in [3.63, 3.8) is 0 Å². The third kappa shape index (κ3) is 3.77. The van der Waals surface area contributed by atoms with Crippen LogP contribution in [-0.2, 0) is 9.59 Å². The number of aliphatic carboxylic acids is 1. The van der Waals surface area contributed by atoms with Gasteiger partial charge >= 0.3 is 5.97 Å². The van der Waals surface area contributed by atoms with E-state index in [2.05, 4.69) is 5.32 Å². The van der Waals surface area contributed by atoms with Crippen molar-refractivity contribution in [1.82, 2.24) is 5.32 Å². The van der Waals surface area contributed by atoms with Crippen molar-refractivity contribution in [2.45, 2.75) is 37.6 Å². The van der Waals surface area contributed by atoms with Crippen molar-refractivity contribution >= 4 is 11.9 Å². The first-order valence-electron chi connectivity index (χ1n) is 6.34. The molecule has 1 aliphatic carbocycles. The van der Waals surface area contributed by atoms with E-state index in [-0.39, 0.29) is 30.4 Å². The number of carbonyl (C=O) groups excluding carboxylic acids is 1. The van der Waals surface area contributed by atoms with Crippen LogP contribution >= 0.6 is 0 Å². The molecule has 1 aliphatic rings. The lowest BCUT2D eigenvalue weighted by molar-refractivity contribution is -0.139. The molecule has 1 amide bonds. The highest BCUT2D eigenvalue weighted by Crippen LogP contribution is 2.25. The molecule has 0 bridgehead atoms. The summed E-state index contributed by atoms with van der Waals surface area (Å²) in [6.07, 6.45) is 2.18. The fourth-order valence-electron chi connectivity index (χ4n) is 1.97. The monoisotopic (exact) mass is 265 g/mol. The first kappa shape index (κ1) is 13.5. The Kier molecular flexibility index (Phi) is 4.14. The van der Waals surface area contributed by atoms with Gasteiger partial charge in [0.25, 0.3) is 0 Å². The Balaban J connectivity index is 1.98. The molecule has 0 radical (unpaired) electrons. The van der Waals surface area contributed by atoms with Crippen LogP contribution in [0.4, 0.5) is 4.39 Å². The summed E-state index contributed by atoms with van der Waals surface area (Å²) in [6, 6.07) is 6.04. The summed E-state index contributed by atoms with van der Waals surface area (Å²) in [4.78, 5) is 22.7. The molecule has 2 N–H and O–H groups in total. The van der Waals surface area contributed by atoms with Crippen molar-refractivity contribution in [3.8, 4) is 0 Å². The van der Waals surface area contributed by atoms with Gasteiger partial charge in [-0.05, 0) is 25.3 Å². The second-order valence-electron chi connectivity index (χ2n) is 4.79. The van der Waals surface area contributed by atoms with Crippen molar-refractivity contribution in [3.05, 3.63) is 35.6 Å². The van der Waals surface area contributed by atoms with Gasteiger partial charge in [0.1, 0.15) is 5.82 Å². The number of carbonyl (C=O) groups is 2. The summed E-state index contributed by atoms with van der Waals surface area (Å²) in [7, 11) is 0. The number of nitrogens with one attached hydrogen (secondary N) is 1. The lowest BCUT2D eigenvalue weighted by atomic mass is 9.93. The summed E-state index contributed by atoms with van der Waals surface area (Å²) in [6.45, 7) is 0. The second-order valence-corrected chi connectivity index (χ2v) is 4.79. The van der Waals surface area contributed by atoms with Crippen LogP contribution < -0.4 is 5.32 Å². The standard InChI is InChI=1S/C14H16FNO3/c15-12-4-2-1-3-10(12)11(14(18)19)7-8-13(17)16-9-5-6-9/h1-4,9,11H,5-8H2,(H,16,17)(H,18,19). The maximum Gasteiger partial charge on any atom is 0.311 e. The van der Waals surface area contributed by atoms with Crippen LogP contribution in [0.25, 0.3) is 0 Å². The molecule has 19 heavy (non-hydrogen) atoms. The van der Waals surface area contributed by atoms with Gasteiger partial charge in [-0.1, -0.05) is 18.2 Å². The molecule has 0 saturated heterocycles. The molecule has 102 valence electrons. The smallest absolute Gasteiger partial charge is 0.311 e. The Morgan fingerprint density at radius 2 is 2.05 bits per heavy atom. The molecule has 1 atom stereocenters. The Hall–Kier alpha value is -1.91. The fraction of sp³-hybridized carbons (Fsp3) is 0.429. The molecule has 5 heteroatoms. The Morgan fingerprint density at radius 1 is 1.37 bits per heavy atom. The van der Waals surface area contributed by atoms with Crippen LogP contribution in [0.2, 0.25) is 0 Å². The zero-order valence-corrected chi connectivity index (χ0v) is 10.4. The molecule has 1 fully saturated rings. The number of benzene rings is 1. The molecule has 0 heterocycles. The van der Waals surface area contributed by atoms with Gasteiger partial charge in [-0.3, -0.25) is 9.59 Å². The molecule has 2 rings (SSSR count). The molecule has 1 unspecified atom stereocenters. The summed E-state index contributed by atoms with van der Waals surface area (Å²) >= 11 is 0. The normalized spacial score (nSPS) is 15.8. The average Bonchev–Trinajstić information content (AvgIpc) is 3.15. The van der Waals surface area contributed by atoms with Gasteiger partial charge in [-0.2, -0.15) is 0 Å². The van der Waals surface area contributed by atoms with Crippen LogP contribution in [0.15, 0.2) is 24.3 Å². The van der Waals surface area contributed by atoms with Crippen LogP contribution in [0.5, 0.6) is 0 Å². The second kappa shape index (κ2) is 5.82. The maximum atomic E-state index is 13.6. The van der Waals surface area contributed by atoms with E-state index in [9.17, 15) is 14.0 Å². The van der Waals surface area contributed by atoms with Crippen molar-refractivity contribution in [1.29, 1.82) is 0 Å². The van der Waals surface area contributed by atoms with Crippen LogP contribution in [0, 0.1) is 5.82 Å². The van der Waals surface area contributed by atoms with Gasteiger partial charge in [-0.25, -0.2) is 4.39 Å². The molecular weight excluding hydrogens is 249 g/mol. The van der Waals surface area contributed by atoms with Gasteiger partial charge in [0.2, 0.25) is 5.91 Å². The van der Waals surface area contributed by atoms with Gasteiger partial charge in [0, 0.05) is 18.0 Å². The van der Waals surface area contributed by atoms with Crippen molar-refractivity contribution in [2.75, 3.05) is 0 Å². The number of halogens is 1. The lowest BCUT2D eigenvalue weighted by Crippen LogP contribution is -2.26. The van der Waals surface area contributed by atoms with E-state index in [1.54, 1.807) is 6.07 Å². The largest absolute Gasteiger partial charge is 0.481 e. The number of amides is 1. The molecule has 0 aliphatic heterocycles. The SMILES string of the molecule is O=C(CCC(C(=O)O)c1ccccc1F)NC1CC1. The van der Waals surface area contributed by atoms with Gasteiger partial charge in [0.15, 0.2) is 0 Å². The highest BCUT2D eigenvalue weighted by Gasteiger charge is 2.26. The van der Waals surface area contributed by atoms with E-state index in [1.165, 1.54) is 18.2 Å². The molecule has 4 nitrogen and oxygen atoms in total. The highest BCUT2D eigenvalue weighted by molar-refractivity contribution is 5.80. The highest BCUT2D eigenvalue weighted by atomic mass is 19.1. The topological polar surface area (TPSA) is 66.4 Å². The number of rotatable bonds is 6. The van der Waals surface area contributed by atoms with E-state index in [4.69, 9.17) is 5.11 Å². The van der Waals surface area contributed by atoms with Crippen molar-refractivity contribution in [2.24, 2.45) is 0 Å². The van der Waals surface area contributed by atoms with Gasteiger partial charge in [-0.15, -0.1) is 0 Å². The van der Waals surface area contributed by atoms with Gasteiger partial charge in [0.05, 0.1) is 5.92 Å². The average molecular weight is 265 g/mol. The fourth-order valence-corrected chi connectivity index (χ4v) is 1.97. The van der Waals surface area contributed by atoms with E-state index in [1.807, 2.05) is 0 Å². The first-order valence-corrected chi connectivity index (χ1v) is 6.34. The maximum absolute atomic E-state index is 13.6. The summed E-state index contributed by atoms with van der Waals surface area (Å²) in [5.41, 5.74) is 0.134. The van der Waals surface area contributed by atoms with Crippen LogP contribution in [-0.4, -0.2) is 23.0 Å². The van der Waals surface area contributed by atoms with Crippen LogP contribution in [0.3, 0.4) is 0 Å². The Bertz CT molecular complexity index is 485. The quantitative estimate of drug-likeness (QED) is 0.827. The minimum Gasteiger partial charge on any atom is -0.481 e. The zero-order chi connectivity index (χ0) is 13.8. The number of carboxylic acid groups (broad SMARTS) is 1. The summed E-state index contributed by atoms with van der Waals surface area (Å²) in [5.74, 6) is -2.79. The molecule has 0 spiro atoms. The minimum atomic E-state index is -1.11. The lowest BCUT2D eigenvalue weighted by Gasteiger charge is -2.13. The van der Waals surface area contributed by atoms with E-state index in [0.29, 0.717) is 0 Å². The first-order chi connectivity index (χ1) is 9.08. The zero-order valence-electron chi connectivity index (χ0n) is 10.4. The molecule has 0 aromatic heterocycles. The third-order valence-corrected chi connectivity index (χ3v) is 3.18. The van der Waals surface area contributed by atoms with E-state index in [0.717, 1.165) is 12.8 Å². The molecule has 1 saturated carbocycles. The Labute approximate surface area is 110 Å². The molecule has 1 aromatic carbocycles. The predicted octanol–water partition coefficient (Wildman–Crippen LogP) is 2.05. The van der Waals surface area contributed by atoms with Crippen LogP contribution in [0.1, 0.15) is 37.2 Å². The van der Waals surface area contributed by atoms with E-state index >= 15 is 0 Å². The van der Waals surface area contributed by atoms with Gasteiger partial charge < -0.3 is 10.4 Å². The summed E-state index contributed by atoms with van der Waals surface area (Å²) < 4.78 is 13.6. The number of hydrogen-bond donors (Lipinski definition) is 2. The Morgan fingerprint density at radius 3 is 2.63 bits per heavy atom.